The second kappa shape index (κ2) is 6.82. The van der Waals surface area contributed by atoms with Gasteiger partial charge in [-0.15, -0.1) is 5.10 Å². The zero-order chi connectivity index (χ0) is 17.0. The Morgan fingerprint density at radius 3 is 2.54 bits per heavy atom. The molecule has 0 radical (unpaired) electrons. The van der Waals surface area contributed by atoms with E-state index in [0.717, 1.165) is 25.7 Å². The summed E-state index contributed by atoms with van der Waals surface area (Å²) in [5, 5.41) is 20.1. The number of carboxylic acids is 1. The molecule has 24 heavy (non-hydrogen) atoms. The summed E-state index contributed by atoms with van der Waals surface area (Å²) >= 11 is 0. The van der Waals surface area contributed by atoms with Crippen molar-refractivity contribution in [2.24, 2.45) is 0 Å². The van der Waals surface area contributed by atoms with Crippen LogP contribution in [0.15, 0.2) is 36.7 Å². The van der Waals surface area contributed by atoms with E-state index in [4.69, 9.17) is 0 Å². The molecule has 1 saturated carbocycles. The Labute approximate surface area is 139 Å². The van der Waals surface area contributed by atoms with E-state index in [9.17, 15) is 14.7 Å². The minimum atomic E-state index is -1.17. The fourth-order valence-corrected chi connectivity index (χ4v) is 3.15. The fourth-order valence-electron chi connectivity index (χ4n) is 3.15. The first-order valence-corrected chi connectivity index (χ1v) is 8.13. The Morgan fingerprint density at radius 2 is 1.92 bits per heavy atom. The molecule has 0 aliphatic heterocycles. The smallest absolute Gasteiger partial charge is 0.329 e. The van der Waals surface area contributed by atoms with Crippen LogP contribution in [0.25, 0.3) is 5.69 Å². The number of amides is 1. The molecule has 1 heterocycles. The van der Waals surface area contributed by atoms with Gasteiger partial charge in [0.2, 0.25) is 0 Å². The number of nitrogens with one attached hydrogen (secondary N) is 1. The summed E-state index contributed by atoms with van der Waals surface area (Å²) in [5.41, 5.74) is -0.0603. The molecule has 7 heteroatoms. The van der Waals surface area contributed by atoms with Crippen molar-refractivity contribution < 1.29 is 14.7 Å². The highest BCUT2D eigenvalue weighted by Gasteiger charge is 2.40. The quantitative estimate of drug-likeness (QED) is 0.838. The van der Waals surface area contributed by atoms with Crippen molar-refractivity contribution in [3.05, 3.63) is 42.2 Å². The van der Waals surface area contributed by atoms with Crippen molar-refractivity contribution in [2.45, 2.75) is 44.1 Å². The van der Waals surface area contributed by atoms with Crippen molar-refractivity contribution in [3.63, 3.8) is 0 Å². The normalized spacial score (nSPS) is 17.0. The average Bonchev–Trinajstić information content (AvgIpc) is 3.02. The highest BCUT2D eigenvalue weighted by molar-refractivity contribution is 5.98. The van der Waals surface area contributed by atoms with Gasteiger partial charge in [-0.3, -0.25) is 4.79 Å². The maximum atomic E-state index is 12.6. The van der Waals surface area contributed by atoms with E-state index in [0.29, 0.717) is 24.1 Å². The molecular weight excluding hydrogens is 308 g/mol. The highest BCUT2D eigenvalue weighted by Crippen LogP contribution is 2.28. The number of rotatable bonds is 4. The van der Waals surface area contributed by atoms with E-state index < -0.39 is 11.5 Å². The Bertz CT molecular complexity index is 719. The highest BCUT2D eigenvalue weighted by atomic mass is 16.4. The summed E-state index contributed by atoms with van der Waals surface area (Å²) in [6.07, 6.45) is 7.81. The minimum absolute atomic E-state index is 0.374. The fraction of sp³-hybridized carbons (Fsp3) is 0.412. The van der Waals surface area contributed by atoms with Gasteiger partial charge >= 0.3 is 5.97 Å². The molecule has 0 bridgehead atoms. The van der Waals surface area contributed by atoms with Gasteiger partial charge in [-0.1, -0.05) is 37.0 Å². The molecule has 0 saturated heterocycles. The molecule has 1 amide bonds. The zero-order valence-corrected chi connectivity index (χ0v) is 13.3. The Kier molecular flexibility index (Phi) is 4.59. The zero-order valence-electron chi connectivity index (χ0n) is 13.3. The summed E-state index contributed by atoms with van der Waals surface area (Å²) in [7, 11) is 0. The number of benzene rings is 1. The number of hydrogen-bond donors (Lipinski definition) is 2. The molecule has 0 spiro atoms. The second-order valence-electron chi connectivity index (χ2n) is 6.15. The Morgan fingerprint density at radius 1 is 1.17 bits per heavy atom. The largest absolute Gasteiger partial charge is 0.480 e. The first-order chi connectivity index (χ1) is 11.6. The lowest BCUT2D eigenvalue weighted by Crippen LogP contribution is -2.54. The predicted molar refractivity (Wildman–Crippen MR) is 86.9 cm³/mol. The van der Waals surface area contributed by atoms with Gasteiger partial charge in [0.25, 0.3) is 5.91 Å². The Balaban J connectivity index is 1.83. The number of carbonyl (C=O) groups is 2. The van der Waals surface area contributed by atoms with E-state index in [1.165, 1.54) is 0 Å². The molecule has 1 fully saturated rings. The number of aromatic nitrogens is 3. The van der Waals surface area contributed by atoms with Gasteiger partial charge in [-0.25, -0.2) is 9.48 Å². The summed E-state index contributed by atoms with van der Waals surface area (Å²) < 4.78 is 1.55. The lowest BCUT2D eigenvalue weighted by molar-refractivity contribution is -0.145. The van der Waals surface area contributed by atoms with Crippen LogP contribution in [0.1, 0.15) is 48.9 Å². The van der Waals surface area contributed by atoms with Crippen molar-refractivity contribution in [1.29, 1.82) is 0 Å². The maximum absolute atomic E-state index is 12.6. The molecule has 2 aromatic rings. The SMILES string of the molecule is O=C(NC1(C(=O)O)CCCCCC1)c1cccc(-n2ccnn2)c1. The topological polar surface area (TPSA) is 97.1 Å². The third-order valence-corrected chi connectivity index (χ3v) is 4.51. The molecular formula is C17H20N4O3. The van der Waals surface area contributed by atoms with Crippen LogP contribution in [-0.4, -0.2) is 37.5 Å². The summed E-state index contributed by atoms with van der Waals surface area (Å²) in [4.78, 5) is 24.4. The van der Waals surface area contributed by atoms with Gasteiger partial charge in [0.05, 0.1) is 18.1 Å². The molecule has 7 nitrogen and oxygen atoms in total. The molecule has 3 rings (SSSR count). The predicted octanol–water partition coefficient (Wildman–Crippen LogP) is 2.17. The van der Waals surface area contributed by atoms with E-state index in [1.54, 1.807) is 35.3 Å². The lowest BCUT2D eigenvalue weighted by Gasteiger charge is -2.29. The molecule has 1 aromatic heterocycles. The molecule has 1 aliphatic carbocycles. The van der Waals surface area contributed by atoms with Crippen LogP contribution in [0.5, 0.6) is 0 Å². The second-order valence-corrected chi connectivity index (χ2v) is 6.15. The third-order valence-electron chi connectivity index (χ3n) is 4.51. The molecule has 1 aromatic carbocycles. The standard InChI is InChI=1S/C17H20N4O3/c22-15(19-17(16(23)24)8-3-1-2-4-9-17)13-6-5-7-14(12-13)21-11-10-18-20-21/h5-7,10-12H,1-4,8-9H2,(H,19,22)(H,23,24). The number of aliphatic carboxylic acids is 1. The maximum Gasteiger partial charge on any atom is 0.329 e. The van der Waals surface area contributed by atoms with E-state index in [1.807, 2.05) is 6.07 Å². The average molecular weight is 328 g/mol. The van der Waals surface area contributed by atoms with Gasteiger partial charge < -0.3 is 10.4 Å². The Hall–Kier alpha value is -2.70. The van der Waals surface area contributed by atoms with Crippen LogP contribution < -0.4 is 5.32 Å². The van der Waals surface area contributed by atoms with Crippen LogP contribution in [-0.2, 0) is 4.79 Å². The number of carboxylic acid groups (broad SMARTS) is 1. The van der Waals surface area contributed by atoms with Crippen molar-refractivity contribution in [3.8, 4) is 5.69 Å². The molecule has 1 aliphatic rings. The van der Waals surface area contributed by atoms with Gasteiger partial charge in [0, 0.05) is 5.56 Å². The van der Waals surface area contributed by atoms with Crippen molar-refractivity contribution in [1.82, 2.24) is 20.3 Å². The van der Waals surface area contributed by atoms with E-state index in [2.05, 4.69) is 15.6 Å². The first-order valence-electron chi connectivity index (χ1n) is 8.13. The molecule has 126 valence electrons. The number of nitrogens with zero attached hydrogens (tertiary/aromatic N) is 3. The van der Waals surface area contributed by atoms with E-state index >= 15 is 0 Å². The minimum Gasteiger partial charge on any atom is -0.480 e. The van der Waals surface area contributed by atoms with Gasteiger partial charge in [0.1, 0.15) is 5.54 Å². The van der Waals surface area contributed by atoms with Crippen LogP contribution in [0.2, 0.25) is 0 Å². The summed E-state index contributed by atoms with van der Waals surface area (Å²) in [6.45, 7) is 0. The lowest BCUT2D eigenvalue weighted by atomic mass is 9.90. The molecule has 0 unspecified atom stereocenters. The van der Waals surface area contributed by atoms with Gasteiger partial charge in [-0.2, -0.15) is 0 Å². The summed E-state index contributed by atoms with van der Waals surface area (Å²) in [6, 6.07) is 6.90. The number of carbonyl (C=O) groups excluding carboxylic acids is 1. The first kappa shape index (κ1) is 16.2. The number of hydrogen-bond acceptors (Lipinski definition) is 4. The van der Waals surface area contributed by atoms with Crippen LogP contribution in [0.3, 0.4) is 0 Å². The molecule has 0 atom stereocenters. The van der Waals surface area contributed by atoms with Crippen LogP contribution >= 0.6 is 0 Å². The van der Waals surface area contributed by atoms with Gasteiger partial charge in [-0.05, 0) is 31.0 Å². The van der Waals surface area contributed by atoms with E-state index in [-0.39, 0.29) is 5.91 Å². The monoisotopic (exact) mass is 328 g/mol. The van der Waals surface area contributed by atoms with Gasteiger partial charge in [0.15, 0.2) is 0 Å². The van der Waals surface area contributed by atoms with Crippen molar-refractivity contribution in [2.75, 3.05) is 0 Å². The molecule has 2 N–H and O–H groups in total. The van der Waals surface area contributed by atoms with Crippen LogP contribution in [0.4, 0.5) is 0 Å². The third kappa shape index (κ3) is 3.29. The van der Waals surface area contributed by atoms with Crippen molar-refractivity contribution >= 4 is 11.9 Å². The van der Waals surface area contributed by atoms with Crippen LogP contribution in [0, 0.1) is 0 Å². The summed E-state index contributed by atoms with van der Waals surface area (Å²) in [5.74, 6) is -1.33.